The topological polar surface area (TPSA) is 98.0 Å². The van der Waals surface area contributed by atoms with E-state index < -0.39 is 24.9 Å². The lowest BCUT2D eigenvalue weighted by Crippen LogP contribution is -2.20. The van der Waals surface area contributed by atoms with E-state index in [-0.39, 0.29) is 17.6 Å². The molecule has 2 aliphatic carbocycles. The van der Waals surface area contributed by atoms with Crippen LogP contribution in [0.3, 0.4) is 0 Å². The second kappa shape index (κ2) is 12.6. The summed E-state index contributed by atoms with van der Waals surface area (Å²) in [5.41, 5.74) is 2.39. The maximum atomic E-state index is 11.1. The molecule has 0 aromatic heterocycles. The highest BCUT2D eigenvalue weighted by atomic mass is 35.5. The summed E-state index contributed by atoms with van der Waals surface area (Å²) in [4.78, 5) is 11.1. The van der Waals surface area contributed by atoms with E-state index in [0.29, 0.717) is 32.1 Å². The molecule has 168 valence electrons. The van der Waals surface area contributed by atoms with Gasteiger partial charge in [-0.05, 0) is 57.4 Å². The zero-order chi connectivity index (χ0) is 22.1. The van der Waals surface area contributed by atoms with Gasteiger partial charge in [-0.1, -0.05) is 47.1 Å². The number of aliphatic hydroxyl groups is 4. The molecule has 5 atom stereocenters. The van der Waals surface area contributed by atoms with Gasteiger partial charge in [-0.2, -0.15) is 0 Å². The van der Waals surface area contributed by atoms with Crippen molar-refractivity contribution in [2.75, 3.05) is 6.61 Å². The Morgan fingerprint density at radius 2 is 2.07 bits per heavy atom. The van der Waals surface area contributed by atoms with Gasteiger partial charge in [-0.3, -0.25) is 4.79 Å². The molecule has 4 N–H and O–H groups in total. The van der Waals surface area contributed by atoms with E-state index in [9.17, 15) is 20.1 Å². The van der Waals surface area contributed by atoms with Crippen molar-refractivity contribution in [1.29, 1.82) is 0 Å². The summed E-state index contributed by atoms with van der Waals surface area (Å²) in [7, 11) is 0. The minimum absolute atomic E-state index is 0.0954. The zero-order valence-electron chi connectivity index (χ0n) is 17.7. The van der Waals surface area contributed by atoms with E-state index in [4.69, 9.17) is 16.7 Å². The summed E-state index contributed by atoms with van der Waals surface area (Å²) in [5, 5.41) is 40.5. The maximum absolute atomic E-state index is 11.1. The second-order valence-electron chi connectivity index (χ2n) is 8.51. The van der Waals surface area contributed by atoms with Crippen LogP contribution in [0.2, 0.25) is 0 Å². The highest BCUT2D eigenvalue weighted by Crippen LogP contribution is 2.36. The van der Waals surface area contributed by atoms with Gasteiger partial charge in [0, 0.05) is 23.8 Å². The van der Waals surface area contributed by atoms with Crippen LogP contribution >= 0.6 is 11.6 Å². The molecular weight excluding hydrogens is 404 g/mol. The number of ketones is 1. The number of Topliss-reactive ketones (excluding diaryl/α,β-unsaturated/α-hetero) is 1. The fourth-order valence-electron chi connectivity index (χ4n) is 4.20. The van der Waals surface area contributed by atoms with Crippen LogP contribution in [0.5, 0.6) is 0 Å². The Morgan fingerprint density at radius 3 is 2.73 bits per heavy atom. The Morgan fingerprint density at radius 1 is 1.30 bits per heavy atom. The molecule has 6 heteroatoms. The number of hydrogen-bond donors (Lipinski definition) is 4. The zero-order valence-corrected chi connectivity index (χ0v) is 18.5. The van der Waals surface area contributed by atoms with Crippen LogP contribution in [-0.4, -0.2) is 51.1 Å². The Bertz CT molecular complexity index is 694. The van der Waals surface area contributed by atoms with E-state index >= 15 is 0 Å². The fraction of sp³-hybridized carbons (Fsp3) is 0.625. The quantitative estimate of drug-likeness (QED) is 0.276. The van der Waals surface area contributed by atoms with Crippen LogP contribution in [0, 0.1) is 11.8 Å². The van der Waals surface area contributed by atoms with Gasteiger partial charge in [0.25, 0.3) is 0 Å². The van der Waals surface area contributed by atoms with Gasteiger partial charge in [0.2, 0.25) is 0 Å². The smallest absolute Gasteiger partial charge is 0.158 e. The summed E-state index contributed by atoms with van der Waals surface area (Å²) in [6, 6.07) is 0. The number of halogens is 1. The molecule has 2 rings (SSSR count). The van der Waals surface area contributed by atoms with Crippen LogP contribution in [0.4, 0.5) is 0 Å². The minimum Gasteiger partial charge on any atom is -0.393 e. The third-order valence-electron chi connectivity index (χ3n) is 6.04. The van der Waals surface area contributed by atoms with Crippen LogP contribution in [0.25, 0.3) is 0 Å². The van der Waals surface area contributed by atoms with E-state index in [1.54, 1.807) is 6.08 Å². The molecule has 1 saturated carbocycles. The number of rotatable bonds is 12. The van der Waals surface area contributed by atoms with Crippen molar-refractivity contribution in [1.82, 2.24) is 0 Å². The van der Waals surface area contributed by atoms with Gasteiger partial charge < -0.3 is 20.4 Å². The minimum atomic E-state index is -0.618. The number of hydrogen-bond acceptors (Lipinski definition) is 5. The molecule has 0 heterocycles. The molecule has 2 aliphatic rings. The lowest BCUT2D eigenvalue weighted by Gasteiger charge is -2.19. The van der Waals surface area contributed by atoms with Crippen molar-refractivity contribution in [2.45, 2.75) is 76.6 Å². The molecule has 0 aromatic rings. The van der Waals surface area contributed by atoms with E-state index in [2.05, 4.69) is 0 Å². The molecule has 0 aliphatic heterocycles. The van der Waals surface area contributed by atoms with Crippen molar-refractivity contribution in [3.8, 4) is 0 Å². The first kappa shape index (κ1) is 25.0. The first-order chi connectivity index (χ1) is 14.3. The summed E-state index contributed by atoms with van der Waals surface area (Å²) < 4.78 is 0. The van der Waals surface area contributed by atoms with Gasteiger partial charge in [0.05, 0.1) is 18.3 Å². The van der Waals surface area contributed by atoms with Crippen LogP contribution in [-0.2, 0) is 4.79 Å². The van der Waals surface area contributed by atoms with Crippen LogP contribution < -0.4 is 0 Å². The highest BCUT2D eigenvalue weighted by molar-refractivity contribution is 6.32. The molecule has 1 fully saturated rings. The molecule has 5 nitrogen and oxygen atoms in total. The number of carbonyl (C=O) groups excluding carboxylic acids is 1. The van der Waals surface area contributed by atoms with Gasteiger partial charge in [-0.15, -0.1) is 0 Å². The summed E-state index contributed by atoms with van der Waals surface area (Å²) in [5.74, 6) is -0.443. The van der Waals surface area contributed by atoms with E-state index in [0.717, 1.165) is 29.9 Å². The van der Waals surface area contributed by atoms with E-state index in [1.807, 2.05) is 31.2 Å². The fourth-order valence-corrected chi connectivity index (χ4v) is 4.42. The molecule has 0 saturated heterocycles. The molecule has 0 amide bonds. The standard InChI is InChI=1S/C24H35ClO5/c1-16-12-17(13-22(16)25)8-9-18(27)10-11-21-20(23(29)14-24(21)30)7-5-3-2-4-6-19(28)15-26/h3,5,10-11,13,18,20-21,23-24,26-27,29-30H,2,4,6-9,12,14-15H2,1H3/b5-3-,11-10+/t18-,20+,21+,23-,24+/m0/s1. The van der Waals surface area contributed by atoms with Gasteiger partial charge in [-0.25, -0.2) is 0 Å². The summed E-state index contributed by atoms with van der Waals surface area (Å²) in [6.45, 7) is 1.61. The Hall–Kier alpha value is -1.24. The normalized spacial score (nSPS) is 28.1. The van der Waals surface area contributed by atoms with Crippen molar-refractivity contribution < 1.29 is 25.2 Å². The predicted molar refractivity (Wildman–Crippen MR) is 119 cm³/mol. The average Bonchev–Trinajstić information content (AvgIpc) is 3.17. The SMILES string of the molecule is CC1=C(Cl)C=C(CC[C@H](O)/C=C/[C@@H]2[C@@H](C/C=C\CCCC(=O)CO)[C@@H](O)C[C@H]2O)C1. The molecule has 0 unspecified atom stereocenters. The van der Waals surface area contributed by atoms with Crippen molar-refractivity contribution >= 4 is 17.4 Å². The van der Waals surface area contributed by atoms with Crippen molar-refractivity contribution in [2.24, 2.45) is 11.8 Å². The van der Waals surface area contributed by atoms with Crippen LogP contribution in [0.1, 0.15) is 58.3 Å². The number of aliphatic hydroxyl groups excluding tert-OH is 4. The van der Waals surface area contributed by atoms with E-state index in [1.165, 1.54) is 5.57 Å². The monoisotopic (exact) mass is 438 g/mol. The first-order valence-electron chi connectivity index (χ1n) is 10.9. The average molecular weight is 439 g/mol. The number of allylic oxidation sites excluding steroid dienone is 6. The van der Waals surface area contributed by atoms with Crippen LogP contribution in [0.15, 0.2) is 46.6 Å². The van der Waals surface area contributed by atoms with Gasteiger partial charge >= 0.3 is 0 Å². The predicted octanol–water partition coefficient (Wildman–Crippen LogP) is 3.56. The first-order valence-corrected chi connectivity index (χ1v) is 11.2. The molecule has 0 spiro atoms. The Balaban J connectivity index is 1.79. The molecule has 30 heavy (non-hydrogen) atoms. The summed E-state index contributed by atoms with van der Waals surface area (Å²) in [6.07, 6.45) is 12.8. The Kier molecular flexibility index (Phi) is 10.5. The maximum Gasteiger partial charge on any atom is 0.158 e. The Labute approximate surface area is 184 Å². The molecule has 0 bridgehead atoms. The second-order valence-corrected chi connectivity index (χ2v) is 8.91. The molecule has 0 radical (unpaired) electrons. The summed E-state index contributed by atoms with van der Waals surface area (Å²) >= 11 is 6.10. The lowest BCUT2D eigenvalue weighted by molar-refractivity contribution is -0.121. The van der Waals surface area contributed by atoms with Gasteiger partial charge in [0.1, 0.15) is 6.61 Å². The molecule has 0 aromatic carbocycles. The van der Waals surface area contributed by atoms with Crippen molar-refractivity contribution in [3.63, 3.8) is 0 Å². The number of carbonyl (C=O) groups is 1. The highest BCUT2D eigenvalue weighted by Gasteiger charge is 2.39. The third kappa shape index (κ3) is 7.78. The lowest BCUT2D eigenvalue weighted by atomic mass is 9.89. The molecular formula is C24H35ClO5. The third-order valence-corrected chi connectivity index (χ3v) is 6.47. The van der Waals surface area contributed by atoms with Crippen molar-refractivity contribution in [3.05, 3.63) is 46.6 Å². The van der Waals surface area contributed by atoms with Gasteiger partial charge in [0.15, 0.2) is 5.78 Å². The number of unbranched alkanes of at least 4 members (excludes halogenated alkanes) is 1. The largest absolute Gasteiger partial charge is 0.393 e.